The van der Waals surface area contributed by atoms with Crippen molar-refractivity contribution in [2.24, 2.45) is 0 Å². The van der Waals surface area contributed by atoms with E-state index in [2.05, 4.69) is 16.2 Å². The molecule has 0 N–H and O–H groups in total. The van der Waals surface area contributed by atoms with Crippen molar-refractivity contribution in [1.29, 1.82) is 5.26 Å². The summed E-state index contributed by atoms with van der Waals surface area (Å²) in [5.74, 6) is 1.54. The van der Waals surface area contributed by atoms with E-state index < -0.39 is 0 Å². The highest BCUT2D eigenvalue weighted by molar-refractivity contribution is 5.60. The lowest BCUT2D eigenvalue weighted by Gasteiger charge is -2.13. The van der Waals surface area contributed by atoms with Crippen LogP contribution in [0.4, 0.5) is 0 Å². The summed E-state index contributed by atoms with van der Waals surface area (Å²) in [4.78, 5) is 4.56. The molecule has 1 aromatic carbocycles. The maximum atomic E-state index is 8.92. The lowest BCUT2D eigenvalue weighted by Crippen LogP contribution is -2.15. The van der Waals surface area contributed by atoms with Gasteiger partial charge in [-0.3, -0.25) is 0 Å². The average molecular weight is 281 g/mol. The Kier molecular flexibility index (Phi) is 2.79. The fourth-order valence-corrected chi connectivity index (χ4v) is 3.38. The first-order valence-corrected chi connectivity index (χ1v) is 7.25. The molecule has 5 nitrogen and oxygen atoms in total. The fraction of sp³-hybridized carbons (Fsp3) is 0.438. The Morgan fingerprint density at radius 1 is 1.33 bits per heavy atom. The number of hydrogen-bond donors (Lipinski definition) is 0. The number of aromatic nitrogens is 2. The normalized spacial score (nSPS) is 27.0. The minimum atomic E-state index is 0.252. The van der Waals surface area contributed by atoms with E-state index in [1.165, 1.54) is 0 Å². The Bertz CT molecular complexity index is 731. The SMILES string of the molecule is Cc1cc(C#N)ccc1-c1nc(C2CC3CCC2O3)no1. The van der Waals surface area contributed by atoms with E-state index in [9.17, 15) is 0 Å². The zero-order valence-electron chi connectivity index (χ0n) is 11.7. The molecule has 2 aliphatic rings. The Morgan fingerprint density at radius 2 is 2.24 bits per heavy atom. The van der Waals surface area contributed by atoms with Gasteiger partial charge in [0, 0.05) is 5.56 Å². The van der Waals surface area contributed by atoms with Crippen molar-refractivity contribution in [3.05, 3.63) is 35.2 Å². The van der Waals surface area contributed by atoms with Crippen LogP contribution in [-0.2, 0) is 4.74 Å². The maximum absolute atomic E-state index is 8.92. The molecule has 0 spiro atoms. The molecule has 2 aromatic rings. The van der Waals surface area contributed by atoms with E-state index in [0.717, 1.165) is 36.2 Å². The standard InChI is InChI=1S/C16H15N3O2/c1-9-6-10(8-17)2-4-12(9)16-18-15(19-21-16)13-7-11-3-5-14(13)20-11/h2,4,6,11,13-14H,3,5,7H2,1H3. The number of benzene rings is 1. The van der Waals surface area contributed by atoms with Crippen molar-refractivity contribution in [1.82, 2.24) is 10.1 Å². The van der Waals surface area contributed by atoms with Gasteiger partial charge in [-0.25, -0.2) is 0 Å². The van der Waals surface area contributed by atoms with Crippen molar-refractivity contribution in [3.63, 3.8) is 0 Å². The number of hydrogen-bond acceptors (Lipinski definition) is 5. The van der Waals surface area contributed by atoms with Gasteiger partial charge < -0.3 is 9.26 Å². The number of aryl methyl sites for hydroxylation is 1. The number of fused-ring (bicyclic) bond motifs is 2. The van der Waals surface area contributed by atoms with Crippen LogP contribution < -0.4 is 0 Å². The summed E-state index contributed by atoms with van der Waals surface area (Å²) in [5, 5.41) is 13.1. The van der Waals surface area contributed by atoms with Crippen molar-refractivity contribution in [2.75, 3.05) is 0 Å². The van der Waals surface area contributed by atoms with Crippen LogP contribution in [0.2, 0.25) is 0 Å². The van der Waals surface area contributed by atoms with E-state index in [1.807, 2.05) is 19.1 Å². The molecule has 5 heteroatoms. The average Bonchev–Trinajstić information content (AvgIpc) is 3.22. The minimum absolute atomic E-state index is 0.252. The van der Waals surface area contributed by atoms with Gasteiger partial charge in [-0.2, -0.15) is 10.2 Å². The van der Waals surface area contributed by atoms with Crippen LogP contribution in [0.25, 0.3) is 11.5 Å². The molecular weight excluding hydrogens is 266 g/mol. The monoisotopic (exact) mass is 281 g/mol. The van der Waals surface area contributed by atoms with Crippen LogP contribution in [0.3, 0.4) is 0 Å². The van der Waals surface area contributed by atoms with Gasteiger partial charge in [0.15, 0.2) is 5.82 Å². The predicted molar refractivity (Wildman–Crippen MR) is 74.4 cm³/mol. The summed E-state index contributed by atoms with van der Waals surface area (Å²) in [5.41, 5.74) is 2.49. The number of ether oxygens (including phenoxy) is 1. The van der Waals surface area contributed by atoms with E-state index >= 15 is 0 Å². The smallest absolute Gasteiger partial charge is 0.258 e. The molecule has 3 atom stereocenters. The molecule has 0 radical (unpaired) electrons. The molecule has 2 saturated heterocycles. The van der Waals surface area contributed by atoms with Gasteiger partial charge >= 0.3 is 0 Å². The van der Waals surface area contributed by atoms with Gasteiger partial charge in [0.25, 0.3) is 5.89 Å². The van der Waals surface area contributed by atoms with E-state index in [1.54, 1.807) is 6.07 Å². The first kappa shape index (κ1) is 12.5. The largest absolute Gasteiger partial charge is 0.374 e. The van der Waals surface area contributed by atoms with Crippen molar-refractivity contribution in [3.8, 4) is 17.5 Å². The maximum Gasteiger partial charge on any atom is 0.258 e. The molecule has 2 aliphatic heterocycles. The molecule has 1 aromatic heterocycles. The Labute approximate surface area is 122 Å². The van der Waals surface area contributed by atoms with Crippen molar-refractivity contribution in [2.45, 2.75) is 44.3 Å². The molecule has 3 unspecified atom stereocenters. The first-order chi connectivity index (χ1) is 10.2. The molecule has 0 saturated carbocycles. The number of rotatable bonds is 2. The molecular formula is C16H15N3O2. The highest BCUT2D eigenvalue weighted by Gasteiger charge is 2.43. The quantitative estimate of drug-likeness (QED) is 0.846. The molecule has 21 heavy (non-hydrogen) atoms. The molecule has 2 fully saturated rings. The van der Waals surface area contributed by atoms with Gasteiger partial charge in [0.2, 0.25) is 0 Å². The van der Waals surface area contributed by atoms with Gasteiger partial charge in [-0.05, 0) is 49.9 Å². The highest BCUT2D eigenvalue weighted by atomic mass is 16.5. The van der Waals surface area contributed by atoms with Crippen LogP contribution in [0.1, 0.15) is 42.1 Å². The Morgan fingerprint density at radius 3 is 2.90 bits per heavy atom. The van der Waals surface area contributed by atoms with Crippen LogP contribution in [0.5, 0.6) is 0 Å². The summed E-state index contributed by atoms with van der Waals surface area (Å²) < 4.78 is 11.3. The first-order valence-electron chi connectivity index (χ1n) is 7.25. The summed E-state index contributed by atoms with van der Waals surface area (Å²) in [6.07, 6.45) is 3.87. The number of nitrogens with zero attached hydrogens (tertiary/aromatic N) is 3. The van der Waals surface area contributed by atoms with Crippen molar-refractivity contribution < 1.29 is 9.26 Å². The van der Waals surface area contributed by atoms with Crippen molar-refractivity contribution >= 4 is 0 Å². The van der Waals surface area contributed by atoms with E-state index in [-0.39, 0.29) is 12.0 Å². The second-order valence-corrected chi connectivity index (χ2v) is 5.82. The third-order valence-corrected chi connectivity index (χ3v) is 4.47. The van der Waals surface area contributed by atoms with E-state index in [4.69, 9.17) is 14.5 Å². The van der Waals surface area contributed by atoms with Crippen LogP contribution >= 0.6 is 0 Å². The number of nitriles is 1. The van der Waals surface area contributed by atoms with Gasteiger partial charge in [-0.1, -0.05) is 5.16 Å². The summed E-state index contributed by atoms with van der Waals surface area (Å²) in [6.45, 7) is 1.95. The third kappa shape index (κ3) is 2.03. The topological polar surface area (TPSA) is 71.9 Å². The Hall–Kier alpha value is -2.19. The summed E-state index contributed by atoms with van der Waals surface area (Å²) in [7, 11) is 0. The van der Waals surface area contributed by atoms with Crippen LogP contribution in [0, 0.1) is 18.3 Å². The predicted octanol–water partition coefficient (Wildman–Crippen LogP) is 2.95. The summed E-state index contributed by atoms with van der Waals surface area (Å²) >= 11 is 0. The lowest BCUT2D eigenvalue weighted by molar-refractivity contribution is 0.0996. The van der Waals surface area contributed by atoms with Crippen LogP contribution in [0.15, 0.2) is 22.7 Å². The molecule has 0 aliphatic carbocycles. The van der Waals surface area contributed by atoms with Crippen LogP contribution in [-0.4, -0.2) is 22.3 Å². The zero-order valence-corrected chi connectivity index (χ0v) is 11.7. The zero-order chi connectivity index (χ0) is 14.4. The lowest BCUT2D eigenvalue weighted by atomic mass is 9.89. The fourth-order valence-electron chi connectivity index (χ4n) is 3.38. The second kappa shape index (κ2) is 4.68. The molecule has 106 valence electrons. The van der Waals surface area contributed by atoms with Gasteiger partial charge in [0.1, 0.15) is 0 Å². The highest BCUT2D eigenvalue weighted by Crippen LogP contribution is 2.43. The molecule has 0 amide bonds. The minimum Gasteiger partial charge on any atom is -0.374 e. The second-order valence-electron chi connectivity index (χ2n) is 5.82. The Balaban J connectivity index is 1.64. The molecule has 3 heterocycles. The van der Waals surface area contributed by atoms with E-state index in [0.29, 0.717) is 17.6 Å². The molecule has 4 rings (SSSR count). The van der Waals surface area contributed by atoms with Gasteiger partial charge in [0.05, 0.1) is 29.8 Å². The summed E-state index contributed by atoms with van der Waals surface area (Å²) in [6, 6.07) is 7.60. The third-order valence-electron chi connectivity index (χ3n) is 4.47. The van der Waals surface area contributed by atoms with Gasteiger partial charge in [-0.15, -0.1) is 0 Å². The molecule has 2 bridgehead atoms.